The lowest BCUT2D eigenvalue weighted by Gasteiger charge is -2.13. The molecule has 0 radical (unpaired) electrons. The first-order chi connectivity index (χ1) is 10.5. The quantitative estimate of drug-likeness (QED) is 0.635. The number of nitrogens with two attached hydrogens (primary N) is 1. The van der Waals surface area contributed by atoms with Crippen LogP contribution in [0.2, 0.25) is 0 Å². The highest BCUT2D eigenvalue weighted by Gasteiger charge is 2.10. The number of aromatic hydroxyl groups is 1. The molecule has 22 heavy (non-hydrogen) atoms. The van der Waals surface area contributed by atoms with Crippen LogP contribution in [0.15, 0.2) is 53.5 Å². The molecule has 116 valence electrons. The summed E-state index contributed by atoms with van der Waals surface area (Å²) >= 11 is 0. The minimum Gasteiger partial charge on any atom is -0.508 e. The second-order valence-electron chi connectivity index (χ2n) is 6.11. The van der Waals surface area contributed by atoms with Gasteiger partial charge in [0, 0.05) is 5.92 Å². The third-order valence-electron chi connectivity index (χ3n) is 3.68. The van der Waals surface area contributed by atoms with E-state index in [1.54, 1.807) is 24.3 Å². The second kappa shape index (κ2) is 7.12. The standard InChI is InChI=1S/C19H24N2O/c1-13(2)12-15-4-6-16(7-5-15)14(3)19(20)21-17-8-10-18(22)11-9-17/h4-11,13-14,22H,12H2,1-3H3,(H2,20,21)/t14-/m0/s1. The van der Waals surface area contributed by atoms with Crippen molar-refractivity contribution < 1.29 is 5.11 Å². The lowest BCUT2D eigenvalue weighted by molar-refractivity contribution is 0.475. The summed E-state index contributed by atoms with van der Waals surface area (Å²) in [5, 5.41) is 9.29. The van der Waals surface area contributed by atoms with Crippen molar-refractivity contribution in [3.8, 4) is 5.75 Å². The van der Waals surface area contributed by atoms with Gasteiger partial charge in [-0.1, -0.05) is 45.0 Å². The Balaban J connectivity index is 2.12. The van der Waals surface area contributed by atoms with Crippen LogP contribution in [0.3, 0.4) is 0 Å². The number of hydrogen-bond acceptors (Lipinski definition) is 2. The summed E-state index contributed by atoms with van der Waals surface area (Å²) in [5.41, 5.74) is 9.38. The van der Waals surface area contributed by atoms with E-state index in [1.807, 2.05) is 0 Å². The van der Waals surface area contributed by atoms with Crippen molar-refractivity contribution >= 4 is 11.5 Å². The number of aliphatic imine (C=N–C) groups is 1. The largest absolute Gasteiger partial charge is 0.508 e. The van der Waals surface area contributed by atoms with Gasteiger partial charge in [0.05, 0.1) is 5.69 Å². The number of amidine groups is 1. The molecule has 0 bridgehead atoms. The summed E-state index contributed by atoms with van der Waals surface area (Å²) in [5.74, 6) is 1.51. The molecule has 0 saturated heterocycles. The SMILES string of the molecule is CC(C)Cc1ccc([C@H](C)C(N)=Nc2ccc(O)cc2)cc1. The Morgan fingerprint density at radius 2 is 1.59 bits per heavy atom. The van der Waals surface area contributed by atoms with Crippen LogP contribution >= 0.6 is 0 Å². The van der Waals surface area contributed by atoms with Crippen molar-refractivity contribution in [3.63, 3.8) is 0 Å². The van der Waals surface area contributed by atoms with Gasteiger partial charge < -0.3 is 10.8 Å². The maximum atomic E-state index is 9.29. The summed E-state index contributed by atoms with van der Waals surface area (Å²) < 4.78 is 0. The molecule has 0 heterocycles. The fraction of sp³-hybridized carbons (Fsp3) is 0.316. The molecule has 0 saturated carbocycles. The third-order valence-corrected chi connectivity index (χ3v) is 3.68. The van der Waals surface area contributed by atoms with Crippen LogP contribution in [0.1, 0.15) is 37.8 Å². The molecule has 0 aromatic heterocycles. The summed E-state index contributed by atoms with van der Waals surface area (Å²) in [6.45, 7) is 6.49. The van der Waals surface area contributed by atoms with E-state index in [9.17, 15) is 5.11 Å². The van der Waals surface area contributed by atoms with Crippen molar-refractivity contribution in [2.45, 2.75) is 33.1 Å². The van der Waals surface area contributed by atoms with E-state index in [4.69, 9.17) is 5.73 Å². The van der Waals surface area contributed by atoms with E-state index in [0.29, 0.717) is 11.8 Å². The average Bonchev–Trinajstić information content (AvgIpc) is 2.49. The number of nitrogens with zero attached hydrogens (tertiary/aromatic N) is 1. The molecule has 3 nitrogen and oxygen atoms in total. The van der Waals surface area contributed by atoms with Gasteiger partial charge in [0.1, 0.15) is 11.6 Å². The van der Waals surface area contributed by atoms with Crippen molar-refractivity contribution in [1.82, 2.24) is 0 Å². The minimum absolute atomic E-state index is 0.0573. The van der Waals surface area contributed by atoms with E-state index >= 15 is 0 Å². The van der Waals surface area contributed by atoms with E-state index in [2.05, 4.69) is 50.0 Å². The number of phenolic OH excluding ortho intramolecular Hbond substituents is 1. The van der Waals surface area contributed by atoms with E-state index < -0.39 is 0 Å². The first-order valence-electron chi connectivity index (χ1n) is 7.67. The van der Waals surface area contributed by atoms with Gasteiger partial charge in [0.15, 0.2) is 0 Å². The van der Waals surface area contributed by atoms with Crippen molar-refractivity contribution in [2.75, 3.05) is 0 Å². The van der Waals surface area contributed by atoms with Gasteiger partial charge in [0.25, 0.3) is 0 Å². The highest BCUT2D eigenvalue weighted by atomic mass is 16.3. The van der Waals surface area contributed by atoms with Gasteiger partial charge in [-0.3, -0.25) is 0 Å². The Morgan fingerprint density at radius 3 is 2.14 bits per heavy atom. The molecule has 2 rings (SSSR count). The number of hydrogen-bond donors (Lipinski definition) is 2. The summed E-state index contributed by atoms with van der Waals surface area (Å²) in [4.78, 5) is 4.43. The molecule has 2 aromatic carbocycles. The second-order valence-corrected chi connectivity index (χ2v) is 6.11. The van der Waals surface area contributed by atoms with Crippen LogP contribution in [-0.2, 0) is 6.42 Å². The van der Waals surface area contributed by atoms with Gasteiger partial charge in [-0.2, -0.15) is 0 Å². The topological polar surface area (TPSA) is 58.6 Å². The Bertz CT molecular complexity index is 627. The zero-order valence-corrected chi connectivity index (χ0v) is 13.5. The smallest absolute Gasteiger partial charge is 0.115 e. The molecule has 1 atom stereocenters. The van der Waals surface area contributed by atoms with Crippen LogP contribution in [0.4, 0.5) is 5.69 Å². The van der Waals surface area contributed by atoms with Crippen molar-refractivity contribution in [1.29, 1.82) is 0 Å². The van der Waals surface area contributed by atoms with Gasteiger partial charge in [-0.15, -0.1) is 0 Å². The highest BCUT2D eigenvalue weighted by Crippen LogP contribution is 2.21. The van der Waals surface area contributed by atoms with Gasteiger partial charge in [0.2, 0.25) is 0 Å². The van der Waals surface area contributed by atoms with Gasteiger partial charge >= 0.3 is 0 Å². The predicted octanol–water partition coefficient (Wildman–Crippen LogP) is 4.38. The molecule has 3 N–H and O–H groups in total. The van der Waals surface area contributed by atoms with Crippen LogP contribution < -0.4 is 5.73 Å². The first-order valence-corrected chi connectivity index (χ1v) is 7.67. The molecular weight excluding hydrogens is 272 g/mol. The number of phenols is 1. The zero-order valence-electron chi connectivity index (χ0n) is 13.5. The Kier molecular flexibility index (Phi) is 5.21. The van der Waals surface area contributed by atoms with Crippen molar-refractivity contribution in [2.24, 2.45) is 16.6 Å². The first kappa shape index (κ1) is 16.1. The van der Waals surface area contributed by atoms with Crippen LogP contribution in [0.5, 0.6) is 5.75 Å². The van der Waals surface area contributed by atoms with Gasteiger partial charge in [-0.05, 0) is 47.7 Å². The Hall–Kier alpha value is -2.29. The van der Waals surface area contributed by atoms with Crippen LogP contribution in [-0.4, -0.2) is 10.9 Å². The average molecular weight is 296 g/mol. The monoisotopic (exact) mass is 296 g/mol. The fourth-order valence-corrected chi connectivity index (χ4v) is 2.36. The molecule has 3 heteroatoms. The summed E-state index contributed by atoms with van der Waals surface area (Å²) in [6.07, 6.45) is 1.09. The lowest BCUT2D eigenvalue weighted by atomic mass is 9.96. The molecule has 2 aromatic rings. The normalized spacial score (nSPS) is 13.4. The maximum absolute atomic E-state index is 9.29. The van der Waals surface area contributed by atoms with Crippen molar-refractivity contribution in [3.05, 3.63) is 59.7 Å². The fourth-order valence-electron chi connectivity index (χ4n) is 2.36. The number of rotatable bonds is 5. The van der Waals surface area contributed by atoms with Crippen LogP contribution in [0.25, 0.3) is 0 Å². The molecular formula is C19H24N2O. The maximum Gasteiger partial charge on any atom is 0.115 e. The molecule has 0 spiro atoms. The van der Waals surface area contributed by atoms with E-state index in [0.717, 1.165) is 17.7 Å². The minimum atomic E-state index is 0.0573. The van der Waals surface area contributed by atoms with E-state index in [1.165, 1.54) is 5.56 Å². The van der Waals surface area contributed by atoms with E-state index in [-0.39, 0.29) is 11.7 Å². The molecule has 0 aliphatic carbocycles. The zero-order chi connectivity index (χ0) is 16.1. The molecule has 0 unspecified atom stereocenters. The Labute approximate surface area is 132 Å². The highest BCUT2D eigenvalue weighted by molar-refractivity contribution is 5.89. The third kappa shape index (κ3) is 4.35. The predicted molar refractivity (Wildman–Crippen MR) is 92.8 cm³/mol. The Morgan fingerprint density at radius 1 is 1.00 bits per heavy atom. The summed E-state index contributed by atoms with van der Waals surface area (Å²) in [7, 11) is 0. The lowest BCUT2D eigenvalue weighted by Crippen LogP contribution is -2.19. The summed E-state index contributed by atoms with van der Waals surface area (Å²) in [6, 6.07) is 15.3. The molecule has 0 amide bonds. The molecule has 0 fully saturated rings. The molecule has 0 aliphatic heterocycles. The number of benzene rings is 2. The van der Waals surface area contributed by atoms with Crippen LogP contribution in [0, 0.1) is 5.92 Å². The molecule has 0 aliphatic rings. The van der Waals surface area contributed by atoms with Gasteiger partial charge in [-0.25, -0.2) is 4.99 Å².